The molecule has 1 heterocycles. The minimum atomic E-state index is -0.320. The van der Waals surface area contributed by atoms with E-state index in [2.05, 4.69) is 10.5 Å². The quantitative estimate of drug-likeness (QED) is 0.682. The van der Waals surface area contributed by atoms with E-state index in [1.807, 2.05) is 45.9 Å². The number of benzene rings is 1. The van der Waals surface area contributed by atoms with Crippen molar-refractivity contribution in [3.8, 4) is 5.75 Å². The number of nitrogens with one attached hydrogen (secondary N) is 1. The van der Waals surface area contributed by atoms with E-state index in [1.165, 1.54) is 6.21 Å². The summed E-state index contributed by atoms with van der Waals surface area (Å²) in [6.07, 6.45) is 1.45. The SMILES string of the molecule is Cc1ccc(/C=N\NC(=O)COc2c(C)ccc(C)c2C)o1. The summed E-state index contributed by atoms with van der Waals surface area (Å²) in [6.45, 7) is 7.71. The highest BCUT2D eigenvalue weighted by molar-refractivity contribution is 5.81. The summed E-state index contributed by atoms with van der Waals surface area (Å²) in [4.78, 5) is 11.7. The van der Waals surface area contributed by atoms with Crippen molar-refractivity contribution in [2.45, 2.75) is 27.7 Å². The molecule has 2 rings (SSSR count). The molecule has 5 heteroatoms. The lowest BCUT2D eigenvalue weighted by Gasteiger charge is -2.13. The Balaban J connectivity index is 1.88. The molecule has 2 aromatic rings. The van der Waals surface area contributed by atoms with Gasteiger partial charge in [-0.05, 0) is 56.5 Å². The van der Waals surface area contributed by atoms with Crippen LogP contribution in [-0.4, -0.2) is 18.7 Å². The van der Waals surface area contributed by atoms with Gasteiger partial charge in [0.2, 0.25) is 0 Å². The van der Waals surface area contributed by atoms with Crippen LogP contribution in [0.1, 0.15) is 28.2 Å². The third kappa shape index (κ3) is 3.97. The molecule has 0 saturated carbocycles. The Labute approximate surface area is 130 Å². The number of hydrazone groups is 1. The van der Waals surface area contributed by atoms with Crippen molar-refractivity contribution >= 4 is 12.1 Å². The van der Waals surface area contributed by atoms with Crippen molar-refractivity contribution in [2.24, 2.45) is 5.10 Å². The Kier molecular flexibility index (Phi) is 4.99. The molecule has 0 saturated heterocycles. The van der Waals surface area contributed by atoms with E-state index in [0.29, 0.717) is 5.76 Å². The van der Waals surface area contributed by atoms with Crippen molar-refractivity contribution in [1.82, 2.24) is 5.43 Å². The first kappa shape index (κ1) is 15.8. The van der Waals surface area contributed by atoms with Gasteiger partial charge in [-0.1, -0.05) is 12.1 Å². The largest absolute Gasteiger partial charge is 0.483 e. The smallest absolute Gasteiger partial charge is 0.277 e. The normalized spacial score (nSPS) is 10.9. The van der Waals surface area contributed by atoms with Gasteiger partial charge in [-0.15, -0.1) is 0 Å². The molecule has 0 radical (unpaired) electrons. The lowest BCUT2D eigenvalue weighted by molar-refractivity contribution is -0.123. The molecular weight excluding hydrogens is 280 g/mol. The van der Waals surface area contributed by atoms with Crippen LogP contribution in [0.25, 0.3) is 0 Å². The zero-order valence-corrected chi connectivity index (χ0v) is 13.3. The summed E-state index contributed by atoms with van der Waals surface area (Å²) in [5, 5.41) is 3.83. The molecular formula is C17H20N2O3. The molecule has 0 aliphatic carbocycles. The third-order valence-corrected chi connectivity index (χ3v) is 3.36. The van der Waals surface area contributed by atoms with E-state index in [4.69, 9.17) is 9.15 Å². The number of amides is 1. The van der Waals surface area contributed by atoms with Gasteiger partial charge >= 0.3 is 0 Å². The maximum atomic E-state index is 11.7. The third-order valence-electron chi connectivity index (χ3n) is 3.36. The lowest BCUT2D eigenvalue weighted by Crippen LogP contribution is -2.25. The number of ether oxygens (including phenoxy) is 1. The van der Waals surface area contributed by atoms with Gasteiger partial charge in [0.1, 0.15) is 17.3 Å². The molecule has 0 bridgehead atoms. The summed E-state index contributed by atoms with van der Waals surface area (Å²) in [7, 11) is 0. The van der Waals surface area contributed by atoms with E-state index in [9.17, 15) is 4.79 Å². The lowest BCUT2D eigenvalue weighted by atomic mass is 10.1. The van der Waals surface area contributed by atoms with Crippen molar-refractivity contribution in [3.63, 3.8) is 0 Å². The van der Waals surface area contributed by atoms with Crippen molar-refractivity contribution < 1.29 is 13.9 Å². The number of rotatable bonds is 5. The summed E-state index contributed by atoms with van der Waals surface area (Å²) in [5.41, 5.74) is 5.59. The van der Waals surface area contributed by atoms with Crippen LogP contribution in [0.3, 0.4) is 0 Å². The predicted octanol–water partition coefficient (Wildman–Crippen LogP) is 3.04. The molecule has 0 spiro atoms. The minimum absolute atomic E-state index is 0.0837. The zero-order valence-electron chi connectivity index (χ0n) is 13.3. The summed E-state index contributed by atoms with van der Waals surface area (Å²) in [5.74, 6) is 1.81. The highest BCUT2D eigenvalue weighted by Crippen LogP contribution is 2.25. The van der Waals surface area contributed by atoms with Gasteiger partial charge in [0.15, 0.2) is 6.61 Å². The van der Waals surface area contributed by atoms with Crippen LogP contribution in [0.5, 0.6) is 5.75 Å². The second-order valence-electron chi connectivity index (χ2n) is 5.18. The average molecular weight is 300 g/mol. The monoisotopic (exact) mass is 300 g/mol. The number of carbonyl (C=O) groups is 1. The van der Waals surface area contributed by atoms with E-state index in [-0.39, 0.29) is 12.5 Å². The van der Waals surface area contributed by atoms with Gasteiger partial charge < -0.3 is 9.15 Å². The molecule has 0 atom stereocenters. The number of carbonyl (C=O) groups excluding carboxylic acids is 1. The summed E-state index contributed by atoms with van der Waals surface area (Å²) >= 11 is 0. The fourth-order valence-electron chi connectivity index (χ4n) is 2.01. The van der Waals surface area contributed by atoms with Gasteiger partial charge in [0, 0.05) is 0 Å². The first-order chi connectivity index (χ1) is 10.5. The maximum absolute atomic E-state index is 11.7. The number of hydrogen-bond donors (Lipinski definition) is 1. The van der Waals surface area contributed by atoms with E-state index < -0.39 is 0 Å². The molecule has 0 unspecified atom stereocenters. The Morgan fingerprint density at radius 3 is 2.59 bits per heavy atom. The number of furan rings is 1. The van der Waals surface area contributed by atoms with E-state index in [0.717, 1.165) is 28.2 Å². The van der Waals surface area contributed by atoms with Gasteiger partial charge in [-0.25, -0.2) is 5.43 Å². The number of aryl methyl sites for hydroxylation is 3. The first-order valence-electron chi connectivity index (χ1n) is 7.05. The van der Waals surface area contributed by atoms with Crippen molar-refractivity contribution in [1.29, 1.82) is 0 Å². The molecule has 1 N–H and O–H groups in total. The fourth-order valence-corrected chi connectivity index (χ4v) is 2.01. The molecule has 0 aliphatic rings. The average Bonchev–Trinajstić information content (AvgIpc) is 2.89. The van der Waals surface area contributed by atoms with Crippen LogP contribution < -0.4 is 10.2 Å². The van der Waals surface area contributed by atoms with E-state index >= 15 is 0 Å². The van der Waals surface area contributed by atoms with Crippen LogP contribution in [0.4, 0.5) is 0 Å². The van der Waals surface area contributed by atoms with Gasteiger partial charge in [0.25, 0.3) is 5.91 Å². The van der Waals surface area contributed by atoms with Gasteiger partial charge in [-0.3, -0.25) is 4.79 Å². The Morgan fingerprint density at radius 1 is 1.18 bits per heavy atom. The molecule has 1 aromatic carbocycles. The standard InChI is InChI=1S/C17H20N2O3/c1-11-5-6-12(2)17(14(11)4)21-10-16(20)19-18-9-15-8-7-13(3)22-15/h5-9H,10H2,1-4H3,(H,19,20)/b18-9-. The topological polar surface area (TPSA) is 63.8 Å². The van der Waals surface area contributed by atoms with Gasteiger partial charge in [0.05, 0.1) is 6.21 Å². The van der Waals surface area contributed by atoms with Crippen LogP contribution in [-0.2, 0) is 4.79 Å². The molecule has 0 fully saturated rings. The number of hydrogen-bond acceptors (Lipinski definition) is 4. The van der Waals surface area contributed by atoms with Crippen LogP contribution in [0.15, 0.2) is 33.8 Å². The Morgan fingerprint density at radius 2 is 1.91 bits per heavy atom. The predicted molar refractivity (Wildman–Crippen MR) is 85.3 cm³/mol. The van der Waals surface area contributed by atoms with Crippen molar-refractivity contribution in [2.75, 3.05) is 6.61 Å². The Bertz CT molecular complexity index is 702. The number of nitrogens with zero attached hydrogens (tertiary/aromatic N) is 1. The molecule has 5 nitrogen and oxygen atoms in total. The zero-order chi connectivity index (χ0) is 16.1. The second kappa shape index (κ2) is 6.93. The van der Waals surface area contributed by atoms with E-state index in [1.54, 1.807) is 6.07 Å². The molecule has 1 amide bonds. The highest BCUT2D eigenvalue weighted by Gasteiger charge is 2.08. The van der Waals surface area contributed by atoms with Crippen LogP contribution in [0, 0.1) is 27.7 Å². The van der Waals surface area contributed by atoms with Gasteiger partial charge in [-0.2, -0.15) is 5.10 Å². The summed E-state index contributed by atoms with van der Waals surface area (Å²) in [6, 6.07) is 7.62. The molecule has 116 valence electrons. The first-order valence-corrected chi connectivity index (χ1v) is 7.05. The maximum Gasteiger partial charge on any atom is 0.277 e. The highest BCUT2D eigenvalue weighted by atomic mass is 16.5. The minimum Gasteiger partial charge on any atom is -0.483 e. The fraction of sp³-hybridized carbons (Fsp3) is 0.294. The van der Waals surface area contributed by atoms with Crippen molar-refractivity contribution in [3.05, 3.63) is 52.5 Å². The molecule has 22 heavy (non-hydrogen) atoms. The van der Waals surface area contributed by atoms with Crippen LogP contribution in [0.2, 0.25) is 0 Å². The van der Waals surface area contributed by atoms with Crippen LogP contribution >= 0.6 is 0 Å². The summed E-state index contributed by atoms with van der Waals surface area (Å²) < 4.78 is 10.9. The molecule has 1 aromatic heterocycles. The molecule has 0 aliphatic heterocycles. The second-order valence-corrected chi connectivity index (χ2v) is 5.18. The Hall–Kier alpha value is -2.56.